The van der Waals surface area contributed by atoms with Crippen LogP contribution in [0.15, 0.2) is 12.1 Å². The van der Waals surface area contributed by atoms with E-state index in [0.29, 0.717) is 24.3 Å². The second-order valence-corrected chi connectivity index (χ2v) is 5.11. The molecular weight excluding hydrogens is 310 g/mol. The van der Waals surface area contributed by atoms with E-state index in [9.17, 15) is 9.18 Å². The molecule has 6 heteroatoms. The number of carbonyl (C=O) groups is 1. The van der Waals surface area contributed by atoms with Crippen LogP contribution >= 0.6 is 27.5 Å². The molecule has 1 fully saturated rings. The Hall–Kier alpha value is -0.810. The van der Waals surface area contributed by atoms with Crippen molar-refractivity contribution in [2.24, 2.45) is 5.92 Å². The zero-order valence-corrected chi connectivity index (χ0v) is 11.3. The summed E-state index contributed by atoms with van der Waals surface area (Å²) in [5.74, 6) is -0.366. The number of nitrogen functional groups attached to an aromatic ring is 1. The van der Waals surface area contributed by atoms with E-state index in [1.807, 2.05) is 0 Å². The van der Waals surface area contributed by atoms with E-state index in [0.717, 1.165) is 5.33 Å². The van der Waals surface area contributed by atoms with Gasteiger partial charge in [-0.1, -0.05) is 27.5 Å². The lowest BCUT2D eigenvalue weighted by atomic mass is 10.2. The molecule has 1 aliphatic heterocycles. The lowest BCUT2D eigenvalue weighted by Crippen LogP contribution is -2.25. The van der Waals surface area contributed by atoms with Crippen molar-refractivity contribution in [3.63, 3.8) is 0 Å². The fourth-order valence-electron chi connectivity index (χ4n) is 1.90. The summed E-state index contributed by atoms with van der Waals surface area (Å²) in [4.78, 5) is 13.3. The summed E-state index contributed by atoms with van der Waals surface area (Å²) in [5, 5.41) is 0.709. The van der Waals surface area contributed by atoms with Crippen LogP contribution in [0.1, 0.15) is 6.42 Å². The highest BCUT2D eigenvalue weighted by atomic mass is 79.9. The summed E-state index contributed by atoms with van der Waals surface area (Å²) in [7, 11) is 0. The average molecular weight is 322 g/mol. The fourth-order valence-corrected chi connectivity index (χ4v) is 2.51. The van der Waals surface area contributed by atoms with Crippen molar-refractivity contribution in [1.29, 1.82) is 0 Å². The van der Waals surface area contributed by atoms with Crippen LogP contribution in [0.3, 0.4) is 0 Å². The van der Waals surface area contributed by atoms with Crippen LogP contribution in [0.4, 0.5) is 15.8 Å². The minimum atomic E-state index is -0.564. The highest BCUT2D eigenvalue weighted by Gasteiger charge is 2.31. The molecule has 1 unspecified atom stereocenters. The monoisotopic (exact) mass is 320 g/mol. The van der Waals surface area contributed by atoms with Gasteiger partial charge in [-0.25, -0.2) is 4.39 Å². The highest BCUT2D eigenvalue weighted by molar-refractivity contribution is 9.09. The largest absolute Gasteiger partial charge is 0.397 e. The van der Waals surface area contributed by atoms with Crippen molar-refractivity contribution in [3.8, 4) is 0 Å². The van der Waals surface area contributed by atoms with Crippen molar-refractivity contribution in [1.82, 2.24) is 0 Å². The van der Waals surface area contributed by atoms with Gasteiger partial charge in [0.1, 0.15) is 5.82 Å². The molecule has 3 nitrogen and oxygen atoms in total. The molecule has 1 saturated heterocycles. The van der Waals surface area contributed by atoms with Gasteiger partial charge >= 0.3 is 0 Å². The van der Waals surface area contributed by atoms with Gasteiger partial charge < -0.3 is 10.6 Å². The Balaban J connectivity index is 2.35. The van der Waals surface area contributed by atoms with Crippen molar-refractivity contribution in [2.45, 2.75) is 6.42 Å². The smallest absolute Gasteiger partial charge is 0.227 e. The lowest BCUT2D eigenvalue weighted by molar-refractivity contribution is -0.117. The Kier molecular flexibility index (Phi) is 3.58. The van der Waals surface area contributed by atoms with Crippen LogP contribution in [0, 0.1) is 11.7 Å². The molecule has 0 aliphatic carbocycles. The van der Waals surface area contributed by atoms with Gasteiger partial charge in [-0.3, -0.25) is 4.79 Å². The van der Waals surface area contributed by atoms with E-state index < -0.39 is 5.82 Å². The Morgan fingerprint density at radius 1 is 1.59 bits per heavy atom. The number of halogens is 3. The van der Waals surface area contributed by atoms with E-state index in [1.54, 1.807) is 0 Å². The number of carbonyl (C=O) groups excluding carboxylic acids is 1. The second-order valence-electron chi connectivity index (χ2n) is 4.05. The first-order valence-corrected chi connectivity index (χ1v) is 6.63. The number of nitrogens with two attached hydrogens (primary N) is 1. The molecule has 1 aliphatic rings. The summed E-state index contributed by atoms with van der Waals surface area (Å²) >= 11 is 8.96. The van der Waals surface area contributed by atoms with Gasteiger partial charge in [-0.15, -0.1) is 0 Å². The maximum Gasteiger partial charge on any atom is 0.227 e. The molecule has 2 rings (SSSR count). The number of alkyl halides is 1. The van der Waals surface area contributed by atoms with Crippen LogP contribution in [-0.4, -0.2) is 17.8 Å². The Morgan fingerprint density at radius 3 is 2.88 bits per heavy atom. The first-order valence-electron chi connectivity index (χ1n) is 5.13. The summed E-state index contributed by atoms with van der Waals surface area (Å²) < 4.78 is 13.4. The number of benzene rings is 1. The topological polar surface area (TPSA) is 46.3 Å². The summed E-state index contributed by atoms with van der Waals surface area (Å²) in [5.41, 5.74) is 6.49. The van der Waals surface area contributed by atoms with Gasteiger partial charge in [0.25, 0.3) is 0 Å². The van der Waals surface area contributed by atoms with Crippen molar-refractivity contribution >= 4 is 44.8 Å². The zero-order valence-electron chi connectivity index (χ0n) is 8.92. The lowest BCUT2D eigenvalue weighted by Gasteiger charge is -2.19. The van der Waals surface area contributed by atoms with Crippen LogP contribution in [-0.2, 0) is 4.79 Å². The van der Waals surface area contributed by atoms with Crippen molar-refractivity contribution in [3.05, 3.63) is 23.0 Å². The van der Waals surface area contributed by atoms with Gasteiger partial charge in [0.2, 0.25) is 5.91 Å². The van der Waals surface area contributed by atoms with Crippen molar-refractivity contribution in [2.75, 3.05) is 22.5 Å². The molecule has 0 saturated carbocycles. The molecule has 0 spiro atoms. The second kappa shape index (κ2) is 4.82. The molecule has 1 aromatic carbocycles. The van der Waals surface area contributed by atoms with Gasteiger partial charge in [-0.05, 0) is 12.0 Å². The van der Waals surface area contributed by atoms with Gasteiger partial charge in [0, 0.05) is 24.4 Å². The number of nitrogens with zero attached hydrogens (tertiary/aromatic N) is 1. The van der Waals surface area contributed by atoms with E-state index in [2.05, 4.69) is 15.9 Å². The maximum atomic E-state index is 13.4. The zero-order chi connectivity index (χ0) is 12.6. The molecule has 2 N–H and O–H groups in total. The van der Waals surface area contributed by atoms with Gasteiger partial charge in [-0.2, -0.15) is 0 Å². The minimum absolute atomic E-state index is 0.0325. The first kappa shape index (κ1) is 12.6. The first-order chi connectivity index (χ1) is 8.02. The number of amides is 1. The maximum absolute atomic E-state index is 13.4. The summed E-state index contributed by atoms with van der Waals surface area (Å²) in [6.45, 7) is 0.551. The Labute approximate surface area is 112 Å². The van der Waals surface area contributed by atoms with Crippen molar-refractivity contribution < 1.29 is 9.18 Å². The predicted molar refractivity (Wildman–Crippen MR) is 70.1 cm³/mol. The molecule has 1 aromatic rings. The van der Waals surface area contributed by atoms with E-state index in [-0.39, 0.29) is 16.8 Å². The van der Waals surface area contributed by atoms with Crippen LogP contribution < -0.4 is 10.6 Å². The predicted octanol–water partition coefficient (Wildman–Crippen LogP) is 2.81. The number of hydrogen-bond donors (Lipinski definition) is 1. The van der Waals surface area contributed by atoms with Crippen LogP contribution in [0.2, 0.25) is 5.02 Å². The fraction of sp³-hybridized carbons (Fsp3) is 0.364. The molecule has 1 atom stereocenters. The van der Waals surface area contributed by atoms with Gasteiger partial charge in [0.05, 0.1) is 16.4 Å². The molecule has 1 amide bonds. The van der Waals surface area contributed by atoms with Gasteiger partial charge in [0.15, 0.2) is 0 Å². The Bertz CT molecular complexity index is 469. The minimum Gasteiger partial charge on any atom is -0.397 e. The number of anilines is 2. The van der Waals surface area contributed by atoms with E-state index in [4.69, 9.17) is 17.3 Å². The average Bonchev–Trinajstić information content (AvgIpc) is 2.65. The summed E-state index contributed by atoms with van der Waals surface area (Å²) in [6.07, 6.45) is 0.453. The van der Waals surface area contributed by atoms with Crippen LogP contribution in [0.25, 0.3) is 0 Å². The molecule has 0 radical (unpaired) electrons. The highest BCUT2D eigenvalue weighted by Crippen LogP contribution is 2.33. The quantitative estimate of drug-likeness (QED) is 0.672. The van der Waals surface area contributed by atoms with Crippen LogP contribution in [0.5, 0.6) is 0 Å². The molecule has 0 aromatic heterocycles. The number of hydrogen-bond acceptors (Lipinski definition) is 2. The molecular formula is C11H11BrClFN2O. The molecule has 92 valence electrons. The summed E-state index contributed by atoms with van der Waals surface area (Å²) in [6, 6.07) is 2.55. The SMILES string of the molecule is Nc1cc(Cl)c(F)cc1N1CC(CBr)CC1=O. The van der Waals surface area contributed by atoms with E-state index in [1.165, 1.54) is 17.0 Å². The van der Waals surface area contributed by atoms with E-state index >= 15 is 0 Å². The molecule has 0 bridgehead atoms. The third-order valence-corrected chi connectivity index (χ3v) is 3.99. The molecule has 1 heterocycles. The Morgan fingerprint density at radius 2 is 2.29 bits per heavy atom. The number of rotatable bonds is 2. The molecule has 17 heavy (non-hydrogen) atoms. The normalized spacial score (nSPS) is 20.1. The third-order valence-electron chi connectivity index (χ3n) is 2.78. The third kappa shape index (κ3) is 2.40. The standard InChI is InChI=1S/C11H11BrClFN2O/c12-4-6-1-11(17)16(5-6)10-3-8(14)7(13)2-9(10)15/h2-3,6H,1,4-5,15H2.